The lowest BCUT2D eigenvalue weighted by atomic mass is 9.84. The van der Waals surface area contributed by atoms with Crippen molar-refractivity contribution >= 4 is 29.4 Å². The van der Waals surface area contributed by atoms with Crippen molar-refractivity contribution in [1.82, 2.24) is 4.90 Å². The van der Waals surface area contributed by atoms with Gasteiger partial charge >= 0.3 is 5.97 Å². The Balaban J connectivity index is 1.76. The molecule has 2 atom stereocenters. The van der Waals surface area contributed by atoms with E-state index in [2.05, 4.69) is 0 Å². The molecule has 6 heteroatoms. The molecule has 1 saturated heterocycles. The third-order valence-electron chi connectivity index (χ3n) is 6.92. The van der Waals surface area contributed by atoms with Gasteiger partial charge in [-0.1, -0.05) is 84.9 Å². The number of anilines is 1. The zero-order chi connectivity index (χ0) is 25.1. The first-order valence-corrected chi connectivity index (χ1v) is 12.2. The Kier molecular flexibility index (Phi) is 6.42. The van der Waals surface area contributed by atoms with Gasteiger partial charge in [-0.05, 0) is 30.2 Å². The van der Waals surface area contributed by atoms with E-state index < -0.39 is 17.6 Å². The van der Waals surface area contributed by atoms with Crippen LogP contribution in [0.2, 0.25) is 0 Å². The third kappa shape index (κ3) is 3.88. The van der Waals surface area contributed by atoms with E-state index in [4.69, 9.17) is 4.74 Å². The van der Waals surface area contributed by atoms with Crippen LogP contribution in [0.5, 0.6) is 0 Å². The van der Waals surface area contributed by atoms with Crippen LogP contribution in [-0.2, 0) is 20.9 Å². The number of rotatable bonds is 6. The number of carbonyl (C=O) groups is 3. The quantitative estimate of drug-likeness (QED) is 0.384. The summed E-state index contributed by atoms with van der Waals surface area (Å²) in [5.74, 6) is -1.10. The van der Waals surface area contributed by atoms with Crippen LogP contribution in [0.1, 0.15) is 34.8 Å². The summed E-state index contributed by atoms with van der Waals surface area (Å²) in [6, 6.07) is 25.6. The number of nitrogens with zero attached hydrogens (tertiary/aromatic N) is 2. The standard InChI is InChI=1S/C30H28N2O4/c1-2-36-29(35)30-26(18-17-22-11-5-3-6-12-22)31(21-23-13-7-4-8-14-23)28(34)24-15-9-10-16-25(24)32(30)20-19-27(30)33/h3-18,26H,2,19-21H2,1H3/b18-17+. The molecule has 182 valence electrons. The Bertz CT molecular complexity index is 1300. The minimum absolute atomic E-state index is 0.130. The number of hydrogen-bond donors (Lipinski definition) is 0. The summed E-state index contributed by atoms with van der Waals surface area (Å²) in [7, 11) is 0. The van der Waals surface area contributed by atoms with Gasteiger partial charge in [0, 0.05) is 19.5 Å². The van der Waals surface area contributed by atoms with Gasteiger partial charge in [-0.25, -0.2) is 4.79 Å². The van der Waals surface area contributed by atoms with E-state index in [9.17, 15) is 14.4 Å². The highest BCUT2D eigenvalue weighted by Crippen LogP contribution is 2.43. The van der Waals surface area contributed by atoms with Crippen molar-refractivity contribution in [1.29, 1.82) is 0 Å². The van der Waals surface area contributed by atoms with Crippen LogP contribution in [0.15, 0.2) is 91.0 Å². The molecule has 1 amide bonds. The molecule has 0 aliphatic carbocycles. The van der Waals surface area contributed by atoms with E-state index in [1.165, 1.54) is 0 Å². The predicted octanol–water partition coefficient (Wildman–Crippen LogP) is 4.51. The van der Waals surface area contributed by atoms with Crippen LogP contribution in [-0.4, -0.2) is 47.3 Å². The second kappa shape index (κ2) is 9.82. The first-order chi connectivity index (χ1) is 17.6. The van der Waals surface area contributed by atoms with Crippen LogP contribution in [0.4, 0.5) is 5.69 Å². The minimum Gasteiger partial charge on any atom is -0.464 e. The monoisotopic (exact) mass is 480 g/mol. The third-order valence-corrected chi connectivity index (χ3v) is 6.92. The van der Waals surface area contributed by atoms with Gasteiger partial charge in [0.25, 0.3) is 5.91 Å². The van der Waals surface area contributed by atoms with Crippen molar-refractivity contribution < 1.29 is 19.1 Å². The Morgan fingerprint density at radius 3 is 2.36 bits per heavy atom. The second-order valence-corrected chi connectivity index (χ2v) is 8.96. The summed E-state index contributed by atoms with van der Waals surface area (Å²) in [4.78, 5) is 45.2. The maximum Gasteiger partial charge on any atom is 0.342 e. The zero-order valence-corrected chi connectivity index (χ0v) is 20.2. The molecule has 0 bridgehead atoms. The first kappa shape index (κ1) is 23.5. The molecule has 5 rings (SSSR count). The van der Waals surface area contributed by atoms with Crippen LogP contribution < -0.4 is 4.90 Å². The van der Waals surface area contributed by atoms with E-state index in [1.807, 2.05) is 91.0 Å². The maximum atomic E-state index is 14.1. The number of fused-ring (bicyclic) bond motifs is 3. The molecule has 0 radical (unpaired) electrons. The van der Waals surface area contributed by atoms with Gasteiger partial charge in [0.05, 0.1) is 23.9 Å². The van der Waals surface area contributed by atoms with E-state index in [1.54, 1.807) is 22.8 Å². The van der Waals surface area contributed by atoms with Crippen LogP contribution in [0.3, 0.4) is 0 Å². The van der Waals surface area contributed by atoms with Gasteiger partial charge in [0.15, 0.2) is 5.78 Å². The van der Waals surface area contributed by atoms with Crippen molar-refractivity contribution in [3.8, 4) is 0 Å². The smallest absolute Gasteiger partial charge is 0.342 e. The summed E-state index contributed by atoms with van der Waals surface area (Å²) < 4.78 is 5.57. The normalized spacial score (nSPS) is 21.3. The number of benzene rings is 3. The van der Waals surface area contributed by atoms with Crippen molar-refractivity contribution in [2.45, 2.75) is 31.5 Å². The number of hydrogen-bond acceptors (Lipinski definition) is 5. The maximum absolute atomic E-state index is 14.1. The number of Topliss-reactive ketones (excluding diaryl/α,β-unsaturated/α-hetero) is 1. The van der Waals surface area contributed by atoms with Gasteiger partial charge in [0.2, 0.25) is 5.54 Å². The van der Waals surface area contributed by atoms with Gasteiger partial charge in [-0.15, -0.1) is 0 Å². The minimum atomic E-state index is -1.68. The number of amides is 1. The van der Waals surface area contributed by atoms with E-state index in [0.29, 0.717) is 17.8 Å². The van der Waals surface area contributed by atoms with Crippen LogP contribution in [0, 0.1) is 0 Å². The summed E-state index contributed by atoms with van der Waals surface area (Å²) in [5.41, 5.74) is 1.17. The Labute approximate surface area is 210 Å². The van der Waals surface area contributed by atoms with Crippen LogP contribution >= 0.6 is 0 Å². The highest BCUT2D eigenvalue weighted by Gasteiger charge is 2.64. The molecule has 0 N–H and O–H groups in total. The molecule has 2 heterocycles. The molecule has 0 aromatic heterocycles. The van der Waals surface area contributed by atoms with E-state index >= 15 is 0 Å². The summed E-state index contributed by atoms with van der Waals surface area (Å²) in [5, 5.41) is 0. The largest absolute Gasteiger partial charge is 0.464 e. The summed E-state index contributed by atoms with van der Waals surface area (Å²) >= 11 is 0. The molecule has 0 saturated carbocycles. The van der Waals surface area contributed by atoms with E-state index in [-0.39, 0.29) is 31.3 Å². The zero-order valence-electron chi connectivity index (χ0n) is 20.2. The second-order valence-electron chi connectivity index (χ2n) is 8.96. The van der Waals surface area contributed by atoms with Crippen molar-refractivity contribution in [3.05, 3.63) is 108 Å². The Morgan fingerprint density at radius 1 is 0.972 bits per heavy atom. The highest BCUT2D eigenvalue weighted by atomic mass is 16.5. The van der Waals surface area contributed by atoms with Gasteiger partial charge in [-0.2, -0.15) is 0 Å². The number of carbonyl (C=O) groups excluding carboxylic acids is 3. The fraction of sp³-hybridized carbons (Fsp3) is 0.233. The fourth-order valence-electron chi connectivity index (χ4n) is 5.31. The molecule has 1 fully saturated rings. The molecule has 3 aromatic carbocycles. The Hall–Kier alpha value is -4.19. The molecule has 2 aliphatic rings. The molecule has 3 aromatic rings. The number of ether oxygens (including phenoxy) is 1. The predicted molar refractivity (Wildman–Crippen MR) is 138 cm³/mol. The molecule has 2 aliphatic heterocycles. The summed E-state index contributed by atoms with van der Waals surface area (Å²) in [6.45, 7) is 2.42. The van der Waals surface area contributed by atoms with Crippen molar-refractivity contribution in [2.24, 2.45) is 0 Å². The SMILES string of the molecule is CCOC(=O)C12C(=O)CCN1c1ccccc1C(=O)N(Cc1ccccc1)C2/C=C/c1ccccc1. The average Bonchev–Trinajstić information content (AvgIpc) is 3.22. The van der Waals surface area contributed by atoms with Gasteiger partial charge in [0.1, 0.15) is 0 Å². The van der Waals surface area contributed by atoms with Crippen LogP contribution in [0.25, 0.3) is 6.08 Å². The highest BCUT2D eigenvalue weighted by molar-refractivity contribution is 6.18. The molecule has 6 nitrogen and oxygen atoms in total. The lowest BCUT2D eigenvalue weighted by Gasteiger charge is -2.42. The average molecular weight is 481 g/mol. The first-order valence-electron chi connectivity index (χ1n) is 12.2. The van der Waals surface area contributed by atoms with Gasteiger partial charge < -0.3 is 14.5 Å². The molecule has 2 unspecified atom stereocenters. The van der Waals surface area contributed by atoms with Crippen molar-refractivity contribution in [3.63, 3.8) is 0 Å². The number of esters is 1. The van der Waals surface area contributed by atoms with Gasteiger partial charge in [-0.3, -0.25) is 9.59 Å². The lowest BCUT2D eigenvalue weighted by Crippen LogP contribution is -2.67. The molecule has 36 heavy (non-hydrogen) atoms. The lowest BCUT2D eigenvalue weighted by molar-refractivity contribution is -0.154. The topological polar surface area (TPSA) is 66.9 Å². The number of para-hydroxylation sites is 1. The molecular weight excluding hydrogens is 452 g/mol. The van der Waals surface area contributed by atoms with E-state index in [0.717, 1.165) is 11.1 Å². The molecule has 0 spiro atoms. The Morgan fingerprint density at radius 2 is 1.64 bits per heavy atom. The van der Waals surface area contributed by atoms with Crippen molar-refractivity contribution in [2.75, 3.05) is 18.1 Å². The molecular formula is C30H28N2O4. The number of ketones is 1. The summed E-state index contributed by atoms with van der Waals surface area (Å²) in [6.07, 6.45) is 3.88. The fourth-order valence-corrected chi connectivity index (χ4v) is 5.31.